The molecule has 0 aromatic heterocycles. The van der Waals surface area contributed by atoms with Gasteiger partial charge in [0, 0.05) is 19.6 Å². The van der Waals surface area contributed by atoms with E-state index in [1.807, 2.05) is 0 Å². The zero-order valence-corrected chi connectivity index (χ0v) is 9.74. The van der Waals surface area contributed by atoms with E-state index in [1.165, 1.54) is 6.42 Å². The van der Waals surface area contributed by atoms with Gasteiger partial charge in [0.2, 0.25) is 0 Å². The third-order valence-corrected chi connectivity index (χ3v) is 2.92. The van der Waals surface area contributed by atoms with Crippen molar-refractivity contribution in [3.63, 3.8) is 0 Å². The van der Waals surface area contributed by atoms with E-state index in [2.05, 4.69) is 5.32 Å². The Hall–Kier alpha value is -1.26. The molecule has 5 heteroatoms. The second-order valence-corrected chi connectivity index (χ2v) is 4.31. The van der Waals surface area contributed by atoms with Gasteiger partial charge in [0.25, 0.3) is 0 Å². The van der Waals surface area contributed by atoms with Gasteiger partial charge in [-0.1, -0.05) is 6.92 Å². The summed E-state index contributed by atoms with van der Waals surface area (Å²) in [6.45, 7) is 3.72. The molecule has 1 unspecified atom stereocenters. The van der Waals surface area contributed by atoms with Crippen LogP contribution in [0.1, 0.15) is 32.6 Å². The van der Waals surface area contributed by atoms with E-state index in [1.54, 1.807) is 11.8 Å². The third-order valence-electron chi connectivity index (χ3n) is 2.92. The van der Waals surface area contributed by atoms with Crippen LogP contribution in [0.2, 0.25) is 0 Å². The first-order valence-corrected chi connectivity index (χ1v) is 5.87. The van der Waals surface area contributed by atoms with Crippen molar-refractivity contribution in [1.82, 2.24) is 10.2 Å². The molecule has 1 heterocycles. The van der Waals surface area contributed by atoms with Gasteiger partial charge in [-0.15, -0.1) is 0 Å². The van der Waals surface area contributed by atoms with Gasteiger partial charge < -0.3 is 15.3 Å². The number of rotatable bonds is 4. The SMILES string of the molecule is CC(CCNC(=O)N1CCCCC1)C(=O)O. The summed E-state index contributed by atoms with van der Waals surface area (Å²) in [5.41, 5.74) is 0. The fourth-order valence-electron chi connectivity index (χ4n) is 1.73. The second kappa shape index (κ2) is 6.35. The molecule has 1 saturated heterocycles. The van der Waals surface area contributed by atoms with E-state index < -0.39 is 11.9 Å². The van der Waals surface area contributed by atoms with Gasteiger partial charge >= 0.3 is 12.0 Å². The van der Waals surface area contributed by atoms with E-state index in [0.717, 1.165) is 25.9 Å². The molecule has 0 aromatic rings. The van der Waals surface area contributed by atoms with Gasteiger partial charge in [-0.2, -0.15) is 0 Å². The molecular formula is C11H20N2O3. The van der Waals surface area contributed by atoms with Crippen molar-refractivity contribution in [2.24, 2.45) is 5.92 Å². The van der Waals surface area contributed by atoms with E-state index in [9.17, 15) is 9.59 Å². The largest absolute Gasteiger partial charge is 0.481 e. The molecule has 0 aromatic carbocycles. The van der Waals surface area contributed by atoms with Gasteiger partial charge in [0.15, 0.2) is 0 Å². The molecule has 1 aliphatic heterocycles. The maximum atomic E-state index is 11.6. The van der Waals surface area contributed by atoms with Crippen LogP contribution in [0.25, 0.3) is 0 Å². The van der Waals surface area contributed by atoms with Crippen LogP contribution in [0.3, 0.4) is 0 Å². The van der Waals surface area contributed by atoms with E-state index in [-0.39, 0.29) is 6.03 Å². The lowest BCUT2D eigenvalue weighted by atomic mass is 10.1. The van der Waals surface area contributed by atoms with E-state index in [0.29, 0.717) is 13.0 Å². The highest BCUT2D eigenvalue weighted by Crippen LogP contribution is 2.08. The van der Waals surface area contributed by atoms with Gasteiger partial charge in [-0.25, -0.2) is 4.79 Å². The maximum absolute atomic E-state index is 11.6. The zero-order valence-electron chi connectivity index (χ0n) is 9.74. The molecule has 0 spiro atoms. The van der Waals surface area contributed by atoms with E-state index >= 15 is 0 Å². The molecule has 1 aliphatic rings. The number of hydrogen-bond donors (Lipinski definition) is 2. The van der Waals surface area contributed by atoms with Crippen LogP contribution in [0, 0.1) is 5.92 Å². The predicted octanol–water partition coefficient (Wildman–Crippen LogP) is 1.29. The zero-order chi connectivity index (χ0) is 12.0. The van der Waals surface area contributed by atoms with Crippen LogP contribution in [-0.4, -0.2) is 41.6 Å². The quantitative estimate of drug-likeness (QED) is 0.761. The fourth-order valence-corrected chi connectivity index (χ4v) is 1.73. The summed E-state index contributed by atoms with van der Waals surface area (Å²) in [5, 5.41) is 11.4. The Kier molecular flexibility index (Phi) is 5.08. The minimum Gasteiger partial charge on any atom is -0.481 e. The summed E-state index contributed by atoms with van der Waals surface area (Å²) in [6, 6.07) is -0.0581. The first-order chi connectivity index (χ1) is 7.61. The molecule has 1 rings (SSSR count). The second-order valence-electron chi connectivity index (χ2n) is 4.31. The summed E-state index contributed by atoms with van der Waals surface area (Å²) in [4.78, 5) is 24.0. The molecule has 92 valence electrons. The van der Waals surface area contributed by atoms with Gasteiger partial charge in [0.05, 0.1) is 5.92 Å². The molecule has 0 bridgehead atoms. The van der Waals surface area contributed by atoms with Crippen LogP contribution < -0.4 is 5.32 Å². The van der Waals surface area contributed by atoms with Crippen molar-refractivity contribution >= 4 is 12.0 Å². The average molecular weight is 228 g/mol. The van der Waals surface area contributed by atoms with Crippen LogP contribution >= 0.6 is 0 Å². The molecule has 5 nitrogen and oxygen atoms in total. The van der Waals surface area contributed by atoms with E-state index in [4.69, 9.17) is 5.11 Å². The van der Waals surface area contributed by atoms with Crippen molar-refractivity contribution in [2.45, 2.75) is 32.6 Å². The highest BCUT2D eigenvalue weighted by atomic mass is 16.4. The van der Waals surface area contributed by atoms with Gasteiger partial charge in [-0.05, 0) is 25.7 Å². The van der Waals surface area contributed by atoms with Crippen LogP contribution in [0.4, 0.5) is 4.79 Å². The number of carbonyl (C=O) groups excluding carboxylic acids is 1. The summed E-state index contributed by atoms with van der Waals surface area (Å²) < 4.78 is 0. The molecule has 2 amide bonds. The van der Waals surface area contributed by atoms with Crippen LogP contribution in [0.15, 0.2) is 0 Å². The normalized spacial score (nSPS) is 17.9. The number of piperidine rings is 1. The molecule has 0 aliphatic carbocycles. The third kappa shape index (κ3) is 4.08. The topological polar surface area (TPSA) is 69.6 Å². The van der Waals surface area contributed by atoms with Crippen molar-refractivity contribution in [3.8, 4) is 0 Å². The smallest absolute Gasteiger partial charge is 0.317 e. The summed E-state index contributed by atoms with van der Waals surface area (Å²) in [7, 11) is 0. The molecule has 1 fully saturated rings. The molecule has 0 saturated carbocycles. The lowest BCUT2D eigenvalue weighted by molar-refractivity contribution is -0.141. The lowest BCUT2D eigenvalue weighted by Gasteiger charge is -2.26. The summed E-state index contributed by atoms with van der Waals surface area (Å²) in [5.74, 6) is -1.21. The highest BCUT2D eigenvalue weighted by Gasteiger charge is 2.16. The predicted molar refractivity (Wildman–Crippen MR) is 60.2 cm³/mol. The molecule has 0 radical (unpaired) electrons. The maximum Gasteiger partial charge on any atom is 0.317 e. The van der Waals surface area contributed by atoms with Crippen molar-refractivity contribution in [3.05, 3.63) is 0 Å². The molecule has 16 heavy (non-hydrogen) atoms. The Balaban J connectivity index is 2.16. The number of nitrogens with zero attached hydrogens (tertiary/aromatic N) is 1. The first kappa shape index (κ1) is 12.8. The number of aliphatic carboxylic acids is 1. The number of nitrogens with one attached hydrogen (secondary N) is 1. The van der Waals surface area contributed by atoms with Crippen molar-refractivity contribution < 1.29 is 14.7 Å². The number of amides is 2. The minimum atomic E-state index is -0.813. The summed E-state index contributed by atoms with van der Waals surface area (Å²) in [6.07, 6.45) is 3.81. The Morgan fingerprint density at radius 1 is 1.31 bits per heavy atom. The fraction of sp³-hybridized carbons (Fsp3) is 0.818. The molecule has 1 atom stereocenters. The first-order valence-electron chi connectivity index (χ1n) is 5.87. The van der Waals surface area contributed by atoms with Crippen molar-refractivity contribution in [1.29, 1.82) is 0 Å². The number of urea groups is 1. The van der Waals surface area contributed by atoms with Crippen LogP contribution in [-0.2, 0) is 4.79 Å². The Labute approximate surface area is 95.8 Å². The number of hydrogen-bond acceptors (Lipinski definition) is 2. The van der Waals surface area contributed by atoms with Gasteiger partial charge in [-0.3, -0.25) is 4.79 Å². The molecular weight excluding hydrogens is 208 g/mol. The number of carboxylic acids is 1. The average Bonchev–Trinajstić information content (AvgIpc) is 2.29. The standard InChI is InChI=1S/C11H20N2O3/c1-9(10(14)15)5-6-12-11(16)13-7-3-2-4-8-13/h9H,2-8H2,1H3,(H,12,16)(H,14,15). The highest BCUT2D eigenvalue weighted by molar-refractivity contribution is 5.74. The number of carboxylic acid groups (broad SMARTS) is 1. The van der Waals surface area contributed by atoms with Crippen molar-refractivity contribution in [2.75, 3.05) is 19.6 Å². The van der Waals surface area contributed by atoms with Crippen LogP contribution in [0.5, 0.6) is 0 Å². The Bertz CT molecular complexity index is 250. The lowest BCUT2D eigenvalue weighted by Crippen LogP contribution is -2.43. The Morgan fingerprint density at radius 3 is 2.50 bits per heavy atom. The van der Waals surface area contributed by atoms with Gasteiger partial charge in [0.1, 0.15) is 0 Å². The summed E-state index contributed by atoms with van der Waals surface area (Å²) >= 11 is 0. The number of carbonyl (C=O) groups is 2. The Morgan fingerprint density at radius 2 is 1.94 bits per heavy atom. The molecule has 2 N–H and O–H groups in total. The number of likely N-dealkylation sites (tertiary alicyclic amines) is 1. The monoisotopic (exact) mass is 228 g/mol. The minimum absolute atomic E-state index is 0.0581.